The van der Waals surface area contributed by atoms with E-state index in [4.69, 9.17) is 5.73 Å². The van der Waals surface area contributed by atoms with Crippen molar-refractivity contribution < 1.29 is 8.42 Å². The van der Waals surface area contributed by atoms with Gasteiger partial charge in [-0.25, -0.2) is 8.42 Å². The van der Waals surface area contributed by atoms with Gasteiger partial charge in [-0.1, -0.05) is 6.07 Å². The molecular formula is C12H14N2O2S2. The van der Waals surface area contributed by atoms with Crippen molar-refractivity contribution in [3.8, 4) is 0 Å². The van der Waals surface area contributed by atoms with E-state index in [-0.39, 0.29) is 0 Å². The van der Waals surface area contributed by atoms with Gasteiger partial charge >= 0.3 is 0 Å². The average Bonchev–Trinajstić information content (AvgIpc) is 2.71. The molecular weight excluding hydrogens is 268 g/mol. The second kappa shape index (κ2) is 4.62. The number of sulfonamides is 1. The number of nitrogens with two attached hydrogens (primary N) is 1. The predicted octanol–water partition coefficient (Wildman–Crippen LogP) is 2.75. The molecule has 1 aromatic heterocycles. The van der Waals surface area contributed by atoms with Gasteiger partial charge in [0.15, 0.2) is 0 Å². The largest absolute Gasteiger partial charge is 0.399 e. The van der Waals surface area contributed by atoms with Crippen LogP contribution in [0.5, 0.6) is 0 Å². The lowest BCUT2D eigenvalue weighted by Crippen LogP contribution is -2.12. The average molecular weight is 282 g/mol. The number of anilines is 2. The SMILES string of the molecule is Cc1ccc(S(=O)(=O)Nc2cc(N)ccc2C)s1. The van der Waals surface area contributed by atoms with Gasteiger partial charge in [0.25, 0.3) is 10.0 Å². The van der Waals surface area contributed by atoms with Crippen LogP contribution in [0.2, 0.25) is 0 Å². The number of hydrogen-bond donors (Lipinski definition) is 2. The summed E-state index contributed by atoms with van der Waals surface area (Å²) in [5, 5.41) is 0. The number of benzene rings is 1. The van der Waals surface area contributed by atoms with Crippen molar-refractivity contribution in [1.29, 1.82) is 0 Å². The summed E-state index contributed by atoms with van der Waals surface area (Å²) in [4.78, 5) is 0.958. The molecule has 0 atom stereocenters. The van der Waals surface area contributed by atoms with E-state index < -0.39 is 10.0 Å². The molecule has 1 heterocycles. The van der Waals surface area contributed by atoms with Crippen molar-refractivity contribution in [3.05, 3.63) is 40.8 Å². The Hall–Kier alpha value is -1.53. The van der Waals surface area contributed by atoms with Crippen molar-refractivity contribution in [2.75, 3.05) is 10.5 Å². The maximum atomic E-state index is 12.1. The van der Waals surface area contributed by atoms with E-state index in [2.05, 4.69) is 4.72 Å². The Bertz CT molecular complexity index is 675. The van der Waals surface area contributed by atoms with E-state index in [1.807, 2.05) is 13.8 Å². The molecule has 0 aliphatic heterocycles. The Morgan fingerprint density at radius 2 is 1.89 bits per heavy atom. The van der Waals surface area contributed by atoms with Gasteiger partial charge in [-0.3, -0.25) is 4.72 Å². The van der Waals surface area contributed by atoms with Crippen LogP contribution in [0.25, 0.3) is 0 Å². The van der Waals surface area contributed by atoms with E-state index in [9.17, 15) is 8.42 Å². The van der Waals surface area contributed by atoms with Crippen LogP contribution < -0.4 is 10.5 Å². The van der Waals surface area contributed by atoms with Gasteiger partial charge < -0.3 is 5.73 Å². The standard InChI is InChI=1S/C12H14N2O2S2/c1-8-3-5-10(13)7-11(8)14-18(15,16)12-6-4-9(2)17-12/h3-7,14H,13H2,1-2H3. The van der Waals surface area contributed by atoms with Crippen molar-refractivity contribution in [3.63, 3.8) is 0 Å². The van der Waals surface area contributed by atoms with Crippen molar-refractivity contribution in [2.45, 2.75) is 18.1 Å². The van der Waals surface area contributed by atoms with Crippen LogP contribution in [-0.4, -0.2) is 8.42 Å². The topological polar surface area (TPSA) is 72.2 Å². The fraction of sp³-hybridized carbons (Fsp3) is 0.167. The van der Waals surface area contributed by atoms with E-state index in [1.54, 1.807) is 30.3 Å². The summed E-state index contributed by atoms with van der Waals surface area (Å²) in [6.45, 7) is 3.70. The van der Waals surface area contributed by atoms with E-state index in [0.717, 1.165) is 10.4 Å². The molecule has 0 saturated heterocycles. The Morgan fingerprint density at radius 1 is 1.17 bits per heavy atom. The second-order valence-corrected chi connectivity index (χ2v) is 7.24. The summed E-state index contributed by atoms with van der Waals surface area (Å²) in [6.07, 6.45) is 0. The molecule has 2 aromatic rings. The maximum Gasteiger partial charge on any atom is 0.271 e. The summed E-state index contributed by atoms with van der Waals surface area (Å²) in [5.41, 5.74) is 7.53. The first-order valence-corrected chi connectivity index (χ1v) is 7.64. The fourth-order valence-corrected chi connectivity index (χ4v) is 3.91. The molecule has 0 aliphatic rings. The summed E-state index contributed by atoms with van der Waals surface area (Å²) in [7, 11) is -3.52. The molecule has 0 saturated carbocycles. The zero-order valence-electron chi connectivity index (χ0n) is 10.1. The number of thiophene rings is 1. The Balaban J connectivity index is 2.36. The second-order valence-electron chi connectivity index (χ2n) is 4.04. The van der Waals surface area contributed by atoms with Gasteiger partial charge in [0, 0.05) is 10.6 Å². The van der Waals surface area contributed by atoms with Gasteiger partial charge in [-0.15, -0.1) is 11.3 Å². The van der Waals surface area contributed by atoms with Crippen LogP contribution in [0.3, 0.4) is 0 Å². The van der Waals surface area contributed by atoms with Crippen LogP contribution in [0, 0.1) is 13.8 Å². The highest BCUT2D eigenvalue weighted by Crippen LogP contribution is 2.25. The smallest absolute Gasteiger partial charge is 0.271 e. The van der Waals surface area contributed by atoms with Crippen molar-refractivity contribution in [2.24, 2.45) is 0 Å². The van der Waals surface area contributed by atoms with E-state index in [1.165, 1.54) is 11.3 Å². The monoisotopic (exact) mass is 282 g/mol. The number of aryl methyl sites for hydroxylation is 2. The molecule has 18 heavy (non-hydrogen) atoms. The summed E-state index contributed by atoms with van der Waals surface area (Å²) in [5.74, 6) is 0. The third kappa shape index (κ3) is 2.65. The van der Waals surface area contributed by atoms with Crippen LogP contribution in [0.15, 0.2) is 34.5 Å². The van der Waals surface area contributed by atoms with Gasteiger partial charge in [0.05, 0.1) is 5.69 Å². The number of nitrogen functional groups attached to an aromatic ring is 1. The first-order chi connectivity index (χ1) is 8.38. The lowest BCUT2D eigenvalue weighted by molar-refractivity contribution is 0.603. The van der Waals surface area contributed by atoms with Crippen molar-refractivity contribution in [1.82, 2.24) is 0 Å². The Kier molecular flexibility index (Phi) is 3.32. The molecule has 4 nitrogen and oxygen atoms in total. The molecule has 0 bridgehead atoms. The first-order valence-electron chi connectivity index (χ1n) is 5.34. The van der Waals surface area contributed by atoms with Crippen LogP contribution >= 0.6 is 11.3 Å². The normalized spacial score (nSPS) is 11.4. The third-order valence-corrected chi connectivity index (χ3v) is 5.34. The van der Waals surface area contributed by atoms with E-state index in [0.29, 0.717) is 15.6 Å². The summed E-state index contributed by atoms with van der Waals surface area (Å²) in [6, 6.07) is 8.53. The molecule has 6 heteroatoms. The van der Waals surface area contributed by atoms with Crippen LogP contribution in [0.1, 0.15) is 10.4 Å². The van der Waals surface area contributed by atoms with Gasteiger partial charge in [0.2, 0.25) is 0 Å². The molecule has 96 valence electrons. The van der Waals surface area contributed by atoms with Gasteiger partial charge in [-0.05, 0) is 43.7 Å². The fourth-order valence-electron chi connectivity index (χ4n) is 1.50. The van der Waals surface area contributed by atoms with Crippen LogP contribution in [0.4, 0.5) is 11.4 Å². The Morgan fingerprint density at radius 3 is 2.50 bits per heavy atom. The third-order valence-electron chi connectivity index (χ3n) is 2.49. The minimum atomic E-state index is -3.52. The molecule has 1 aromatic carbocycles. The molecule has 3 N–H and O–H groups in total. The van der Waals surface area contributed by atoms with Crippen molar-refractivity contribution >= 4 is 32.7 Å². The minimum Gasteiger partial charge on any atom is -0.399 e. The molecule has 0 radical (unpaired) electrons. The maximum absolute atomic E-state index is 12.1. The number of rotatable bonds is 3. The summed E-state index contributed by atoms with van der Waals surface area (Å²) < 4.78 is 27.1. The quantitative estimate of drug-likeness (QED) is 0.850. The molecule has 0 aliphatic carbocycles. The molecule has 0 unspecified atom stereocenters. The number of hydrogen-bond acceptors (Lipinski definition) is 4. The molecule has 0 amide bonds. The first kappa shape index (κ1) is 12.9. The van der Waals surface area contributed by atoms with Crippen LogP contribution in [-0.2, 0) is 10.0 Å². The zero-order valence-corrected chi connectivity index (χ0v) is 11.7. The zero-order chi connectivity index (χ0) is 13.3. The highest BCUT2D eigenvalue weighted by Gasteiger charge is 2.17. The number of nitrogens with one attached hydrogen (secondary N) is 1. The lowest BCUT2D eigenvalue weighted by Gasteiger charge is -2.09. The Labute approximate surface area is 111 Å². The van der Waals surface area contributed by atoms with Gasteiger partial charge in [0.1, 0.15) is 4.21 Å². The predicted molar refractivity (Wildman–Crippen MR) is 75.5 cm³/mol. The summed E-state index contributed by atoms with van der Waals surface area (Å²) >= 11 is 1.24. The molecule has 2 rings (SSSR count). The highest BCUT2D eigenvalue weighted by atomic mass is 32.2. The molecule has 0 fully saturated rings. The highest BCUT2D eigenvalue weighted by molar-refractivity contribution is 7.94. The lowest BCUT2D eigenvalue weighted by atomic mass is 10.2. The minimum absolute atomic E-state index is 0.307. The van der Waals surface area contributed by atoms with E-state index >= 15 is 0 Å². The van der Waals surface area contributed by atoms with Gasteiger partial charge in [-0.2, -0.15) is 0 Å². The molecule has 0 spiro atoms.